The number of piperidine rings is 1. The van der Waals surface area contributed by atoms with Gasteiger partial charge in [0.25, 0.3) is 0 Å². The molecule has 2 aliphatic rings. The van der Waals surface area contributed by atoms with Crippen LogP contribution in [0.1, 0.15) is 57.9 Å². The van der Waals surface area contributed by atoms with Crippen molar-refractivity contribution in [3.05, 3.63) is 35.6 Å². The lowest BCUT2D eigenvalue weighted by Gasteiger charge is -2.40. The summed E-state index contributed by atoms with van der Waals surface area (Å²) in [5, 5.41) is 0. The van der Waals surface area contributed by atoms with Crippen LogP contribution in [0, 0.1) is 29.5 Å². The smallest absolute Gasteiger partial charge is 0.311 e. The summed E-state index contributed by atoms with van der Waals surface area (Å²) in [6.45, 7) is 8.37. The van der Waals surface area contributed by atoms with E-state index in [1.807, 2.05) is 12.1 Å². The third-order valence-electron chi connectivity index (χ3n) is 6.65. The molecule has 27 heavy (non-hydrogen) atoms. The second kappa shape index (κ2) is 8.72. The monoisotopic (exact) mass is 375 g/mol. The quantitative estimate of drug-likeness (QED) is 0.704. The van der Waals surface area contributed by atoms with Crippen molar-refractivity contribution < 1.29 is 13.9 Å². The van der Waals surface area contributed by atoms with Crippen molar-refractivity contribution in [3.63, 3.8) is 0 Å². The number of hydrogen-bond donors (Lipinski definition) is 0. The number of esters is 1. The first-order valence-electron chi connectivity index (χ1n) is 10.5. The van der Waals surface area contributed by atoms with Gasteiger partial charge in [-0.3, -0.25) is 4.79 Å². The molecule has 4 heteroatoms. The van der Waals surface area contributed by atoms with Crippen molar-refractivity contribution in [1.29, 1.82) is 0 Å². The molecule has 0 spiro atoms. The molecule has 0 aromatic heterocycles. The molecule has 1 aliphatic heterocycles. The lowest BCUT2D eigenvalue weighted by molar-refractivity contribution is -0.163. The SMILES string of the molecule is CC(C)[C@H]1CC[C@@H](C)C[C@H]1OC(=O)[C@@H]1CN(C)CC[C@@H]1c1ccc(F)cc1. The highest BCUT2D eigenvalue weighted by molar-refractivity contribution is 5.74. The highest BCUT2D eigenvalue weighted by Crippen LogP contribution is 2.38. The van der Waals surface area contributed by atoms with Gasteiger partial charge in [0.1, 0.15) is 11.9 Å². The minimum absolute atomic E-state index is 0.0300. The van der Waals surface area contributed by atoms with E-state index < -0.39 is 0 Å². The fourth-order valence-corrected chi connectivity index (χ4v) is 4.95. The van der Waals surface area contributed by atoms with Gasteiger partial charge in [-0.1, -0.05) is 39.3 Å². The zero-order valence-electron chi connectivity index (χ0n) is 17.2. The van der Waals surface area contributed by atoms with Crippen molar-refractivity contribution in [2.75, 3.05) is 20.1 Å². The van der Waals surface area contributed by atoms with E-state index in [1.165, 1.54) is 18.6 Å². The molecule has 1 aromatic carbocycles. The lowest BCUT2D eigenvalue weighted by Crippen LogP contribution is -2.44. The summed E-state index contributed by atoms with van der Waals surface area (Å²) in [6, 6.07) is 6.64. The van der Waals surface area contributed by atoms with Gasteiger partial charge in [-0.05, 0) is 74.2 Å². The minimum Gasteiger partial charge on any atom is -0.462 e. The fraction of sp³-hybridized carbons (Fsp3) is 0.696. The summed E-state index contributed by atoms with van der Waals surface area (Å²) in [4.78, 5) is 15.4. The number of benzene rings is 1. The number of hydrogen-bond acceptors (Lipinski definition) is 3. The van der Waals surface area contributed by atoms with E-state index in [4.69, 9.17) is 4.74 Å². The first kappa shape index (κ1) is 20.3. The van der Waals surface area contributed by atoms with E-state index in [0.717, 1.165) is 31.4 Å². The highest BCUT2D eigenvalue weighted by atomic mass is 19.1. The molecular formula is C23H34FNO2. The van der Waals surface area contributed by atoms with Gasteiger partial charge in [0, 0.05) is 6.54 Å². The summed E-state index contributed by atoms with van der Waals surface area (Å²) in [6.07, 6.45) is 4.27. The molecule has 1 heterocycles. The van der Waals surface area contributed by atoms with Crippen LogP contribution in [0.2, 0.25) is 0 Å². The Hall–Kier alpha value is -1.42. The van der Waals surface area contributed by atoms with Crippen LogP contribution in [0.15, 0.2) is 24.3 Å². The molecule has 0 N–H and O–H groups in total. The van der Waals surface area contributed by atoms with Crippen LogP contribution in [-0.4, -0.2) is 37.1 Å². The maximum Gasteiger partial charge on any atom is 0.311 e. The molecule has 5 atom stereocenters. The molecule has 2 fully saturated rings. The number of ether oxygens (including phenoxy) is 1. The van der Waals surface area contributed by atoms with E-state index >= 15 is 0 Å². The molecule has 3 rings (SSSR count). The van der Waals surface area contributed by atoms with Gasteiger partial charge in [-0.25, -0.2) is 4.39 Å². The van der Waals surface area contributed by atoms with Crippen LogP contribution in [0.4, 0.5) is 4.39 Å². The average molecular weight is 376 g/mol. The Morgan fingerprint density at radius 3 is 2.56 bits per heavy atom. The molecule has 1 saturated heterocycles. The van der Waals surface area contributed by atoms with Crippen LogP contribution < -0.4 is 0 Å². The molecule has 1 saturated carbocycles. The Labute approximate surface area is 163 Å². The van der Waals surface area contributed by atoms with Gasteiger partial charge in [-0.2, -0.15) is 0 Å². The first-order chi connectivity index (χ1) is 12.8. The number of halogens is 1. The van der Waals surface area contributed by atoms with E-state index in [9.17, 15) is 9.18 Å². The van der Waals surface area contributed by atoms with Gasteiger partial charge in [0.2, 0.25) is 0 Å². The van der Waals surface area contributed by atoms with Gasteiger partial charge in [-0.15, -0.1) is 0 Å². The molecular weight excluding hydrogens is 341 g/mol. The highest BCUT2D eigenvalue weighted by Gasteiger charge is 2.39. The van der Waals surface area contributed by atoms with Gasteiger partial charge < -0.3 is 9.64 Å². The number of carbonyl (C=O) groups excluding carboxylic acids is 1. The Bertz CT molecular complexity index is 630. The number of rotatable bonds is 4. The van der Waals surface area contributed by atoms with Gasteiger partial charge in [0.05, 0.1) is 5.92 Å². The molecule has 1 aromatic rings. The Balaban J connectivity index is 1.75. The van der Waals surface area contributed by atoms with E-state index in [0.29, 0.717) is 24.3 Å². The van der Waals surface area contributed by atoms with Crippen LogP contribution in [0.3, 0.4) is 0 Å². The van der Waals surface area contributed by atoms with Crippen LogP contribution in [-0.2, 0) is 9.53 Å². The number of nitrogens with zero attached hydrogens (tertiary/aromatic N) is 1. The lowest BCUT2D eigenvalue weighted by atomic mass is 9.75. The molecule has 0 unspecified atom stereocenters. The predicted octanol–water partition coefficient (Wildman–Crippen LogP) is 4.87. The number of carbonyl (C=O) groups is 1. The third-order valence-corrected chi connectivity index (χ3v) is 6.65. The van der Waals surface area contributed by atoms with Crippen molar-refractivity contribution in [2.45, 2.75) is 58.5 Å². The normalized spacial score (nSPS) is 32.4. The van der Waals surface area contributed by atoms with E-state index in [1.54, 1.807) is 0 Å². The fourth-order valence-electron chi connectivity index (χ4n) is 4.95. The van der Waals surface area contributed by atoms with E-state index in [-0.39, 0.29) is 29.7 Å². The van der Waals surface area contributed by atoms with E-state index in [2.05, 4.69) is 32.7 Å². The van der Waals surface area contributed by atoms with Gasteiger partial charge in [0.15, 0.2) is 0 Å². The minimum atomic E-state index is -0.234. The molecule has 1 aliphatic carbocycles. The largest absolute Gasteiger partial charge is 0.462 e. The summed E-state index contributed by atoms with van der Waals surface area (Å²) in [5.74, 6) is 1.21. The van der Waals surface area contributed by atoms with Crippen molar-refractivity contribution in [1.82, 2.24) is 4.90 Å². The maximum atomic E-state index is 13.3. The zero-order valence-corrected chi connectivity index (χ0v) is 17.2. The summed E-state index contributed by atoms with van der Waals surface area (Å²) < 4.78 is 19.5. The van der Waals surface area contributed by atoms with Crippen molar-refractivity contribution in [2.24, 2.45) is 23.7 Å². The van der Waals surface area contributed by atoms with Gasteiger partial charge >= 0.3 is 5.97 Å². The number of likely N-dealkylation sites (tertiary alicyclic amines) is 1. The molecule has 0 amide bonds. The molecule has 150 valence electrons. The zero-order chi connectivity index (χ0) is 19.6. The van der Waals surface area contributed by atoms with Crippen LogP contribution in [0.25, 0.3) is 0 Å². The average Bonchev–Trinajstić information content (AvgIpc) is 2.62. The second-order valence-electron chi connectivity index (χ2n) is 9.12. The summed E-state index contributed by atoms with van der Waals surface area (Å²) >= 11 is 0. The van der Waals surface area contributed by atoms with Crippen molar-refractivity contribution >= 4 is 5.97 Å². The standard InChI is InChI=1S/C23H34FNO2/c1-15(2)19-10-5-16(3)13-22(19)27-23(26)21-14-25(4)12-11-20(21)17-6-8-18(24)9-7-17/h6-9,15-16,19-22H,5,10-14H2,1-4H3/t16-,19-,20-,21-,22-/m1/s1. The topological polar surface area (TPSA) is 29.5 Å². The summed E-state index contributed by atoms with van der Waals surface area (Å²) in [5.41, 5.74) is 1.05. The Morgan fingerprint density at radius 2 is 1.89 bits per heavy atom. The second-order valence-corrected chi connectivity index (χ2v) is 9.12. The molecule has 3 nitrogen and oxygen atoms in total. The predicted molar refractivity (Wildman–Crippen MR) is 106 cm³/mol. The molecule has 0 radical (unpaired) electrons. The Morgan fingerprint density at radius 1 is 1.19 bits per heavy atom. The Kier molecular flexibility index (Phi) is 6.56. The van der Waals surface area contributed by atoms with Crippen LogP contribution >= 0.6 is 0 Å². The third kappa shape index (κ3) is 4.90. The summed E-state index contributed by atoms with van der Waals surface area (Å²) in [7, 11) is 2.06. The maximum absolute atomic E-state index is 13.3. The first-order valence-corrected chi connectivity index (χ1v) is 10.5. The van der Waals surface area contributed by atoms with Crippen LogP contribution in [0.5, 0.6) is 0 Å². The molecule has 0 bridgehead atoms. The van der Waals surface area contributed by atoms with Crippen molar-refractivity contribution in [3.8, 4) is 0 Å².